The average Bonchev–Trinajstić information content (AvgIpc) is 2.54. The van der Waals surface area contributed by atoms with Crippen LogP contribution in [-0.4, -0.2) is 51.2 Å². The van der Waals surface area contributed by atoms with Crippen molar-refractivity contribution in [2.75, 3.05) is 34.4 Å². The molecule has 1 aliphatic rings. The predicted molar refractivity (Wildman–Crippen MR) is 82.1 cm³/mol. The highest BCUT2D eigenvalue weighted by atomic mass is 16.5. The van der Waals surface area contributed by atoms with Gasteiger partial charge in [0, 0.05) is 25.2 Å². The maximum Gasteiger partial charge on any atom is 0.257 e. The Hall–Kier alpha value is -1.75. The summed E-state index contributed by atoms with van der Waals surface area (Å²) in [6.07, 6.45) is 3.28. The van der Waals surface area contributed by atoms with E-state index in [9.17, 15) is 4.79 Å². The standard InChI is InChI=1S/C16H24N2O3/c1-17-11-12-6-4-5-9-18(12)16(19)14-8-7-13(20-2)10-15(14)21-3/h7-8,10,12,17H,4-6,9,11H2,1-3H3. The number of likely N-dealkylation sites (tertiary alicyclic amines) is 1. The van der Waals surface area contributed by atoms with Crippen LogP contribution in [0.15, 0.2) is 18.2 Å². The lowest BCUT2D eigenvalue weighted by Crippen LogP contribution is -2.48. The highest BCUT2D eigenvalue weighted by molar-refractivity contribution is 5.97. The summed E-state index contributed by atoms with van der Waals surface area (Å²) in [5.41, 5.74) is 0.598. The summed E-state index contributed by atoms with van der Waals surface area (Å²) in [5.74, 6) is 1.29. The van der Waals surface area contributed by atoms with Crippen molar-refractivity contribution < 1.29 is 14.3 Å². The van der Waals surface area contributed by atoms with Gasteiger partial charge < -0.3 is 19.7 Å². The highest BCUT2D eigenvalue weighted by Gasteiger charge is 2.28. The van der Waals surface area contributed by atoms with Gasteiger partial charge in [0.1, 0.15) is 11.5 Å². The van der Waals surface area contributed by atoms with Gasteiger partial charge in [0.25, 0.3) is 5.91 Å². The van der Waals surface area contributed by atoms with Crippen LogP contribution in [0.2, 0.25) is 0 Å². The van der Waals surface area contributed by atoms with E-state index in [1.807, 2.05) is 11.9 Å². The van der Waals surface area contributed by atoms with Gasteiger partial charge in [-0.25, -0.2) is 0 Å². The first kappa shape index (κ1) is 15.6. The van der Waals surface area contributed by atoms with Crippen LogP contribution in [0.4, 0.5) is 0 Å². The van der Waals surface area contributed by atoms with Crippen molar-refractivity contribution in [2.24, 2.45) is 0 Å². The molecule has 1 N–H and O–H groups in total. The van der Waals surface area contributed by atoms with E-state index in [1.54, 1.807) is 32.4 Å². The van der Waals surface area contributed by atoms with Gasteiger partial charge in [-0.15, -0.1) is 0 Å². The Labute approximate surface area is 126 Å². The number of ether oxygens (including phenoxy) is 2. The molecule has 1 fully saturated rings. The fourth-order valence-corrected chi connectivity index (χ4v) is 2.85. The van der Waals surface area contributed by atoms with Crippen LogP contribution < -0.4 is 14.8 Å². The molecule has 1 unspecified atom stereocenters. The summed E-state index contributed by atoms with van der Waals surface area (Å²) < 4.78 is 10.5. The molecule has 5 heteroatoms. The third kappa shape index (κ3) is 3.47. The Bertz CT molecular complexity index is 488. The van der Waals surface area contributed by atoms with E-state index in [-0.39, 0.29) is 11.9 Å². The summed E-state index contributed by atoms with van der Waals surface area (Å²) in [4.78, 5) is 14.8. The topological polar surface area (TPSA) is 50.8 Å². The van der Waals surface area contributed by atoms with Crippen molar-refractivity contribution in [2.45, 2.75) is 25.3 Å². The zero-order valence-electron chi connectivity index (χ0n) is 13.0. The molecule has 0 aliphatic carbocycles. The van der Waals surface area contributed by atoms with E-state index in [4.69, 9.17) is 9.47 Å². The van der Waals surface area contributed by atoms with Gasteiger partial charge in [-0.05, 0) is 38.4 Å². The average molecular weight is 292 g/mol. The van der Waals surface area contributed by atoms with Gasteiger partial charge in [-0.1, -0.05) is 0 Å². The van der Waals surface area contributed by atoms with E-state index >= 15 is 0 Å². The molecule has 1 saturated heterocycles. The largest absolute Gasteiger partial charge is 0.497 e. The van der Waals surface area contributed by atoms with Crippen molar-refractivity contribution in [1.82, 2.24) is 10.2 Å². The number of piperidine rings is 1. The summed E-state index contributed by atoms with van der Waals surface area (Å²) in [5, 5.41) is 3.18. The number of nitrogens with one attached hydrogen (secondary N) is 1. The molecule has 0 spiro atoms. The Morgan fingerprint density at radius 3 is 2.81 bits per heavy atom. The molecule has 1 amide bonds. The number of carbonyl (C=O) groups excluding carboxylic acids is 1. The first-order chi connectivity index (χ1) is 10.2. The lowest BCUT2D eigenvalue weighted by molar-refractivity contribution is 0.0611. The molecular formula is C16H24N2O3. The van der Waals surface area contributed by atoms with Crippen molar-refractivity contribution >= 4 is 5.91 Å². The number of methoxy groups -OCH3 is 2. The third-order valence-electron chi connectivity index (χ3n) is 3.97. The number of carbonyl (C=O) groups is 1. The predicted octanol–water partition coefficient (Wildman–Crippen LogP) is 1.92. The van der Waals surface area contributed by atoms with Crippen LogP contribution >= 0.6 is 0 Å². The molecule has 2 rings (SSSR count). The second-order valence-corrected chi connectivity index (χ2v) is 5.27. The summed E-state index contributed by atoms with van der Waals surface area (Å²) in [6.45, 7) is 1.63. The van der Waals surface area contributed by atoms with E-state index in [0.29, 0.717) is 17.1 Å². The Morgan fingerprint density at radius 2 is 2.14 bits per heavy atom. The molecule has 21 heavy (non-hydrogen) atoms. The normalized spacial score (nSPS) is 18.4. The monoisotopic (exact) mass is 292 g/mol. The molecule has 1 aromatic rings. The summed E-state index contributed by atoms with van der Waals surface area (Å²) in [6, 6.07) is 5.59. The van der Waals surface area contributed by atoms with Crippen LogP contribution in [0.25, 0.3) is 0 Å². The van der Waals surface area contributed by atoms with Gasteiger partial charge in [-0.2, -0.15) is 0 Å². The molecule has 1 aromatic carbocycles. The van der Waals surface area contributed by atoms with Gasteiger partial charge in [0.15, 0.2) is 0 Å². The molecule has 0 radical (unpaired) electrons. The van der Waals surface area contributed by atoms with Crippen LogP contribution in [0.1, 0.15) is 29.6 Å². The Balaban J connectivity index is 2.25. The SMILES string of the molecule is CNCC1CCCCN1C(=O)c1ccc(OC)cc1OC. The maximum atomic E-state index is 12.8. The van der Waals surface area contributed by atoms with Crippen LogP contribution in [-0.2, 0) is 0 Å². The minimum atomic E-state index is 0.0365. The Morgan fingerprint density at radius 1 is 1.33 bits per heavy atom. The fraction of sp³-hybridized carbons (Fsp3) is 0.562. The molecule has 1 aliphatic heterocycles. The van der Waals surface area contributed by atoms with Gasteiger partial charge in [-0.3, -0.25) is 4.79 Å². The molecule has 0 bridgehead atoms. The molecule has 0 saturated carbocycles. The quantitative estimate of drug-likeness (QED) is 0.901. The minimum Gasteiger partial charge on any atom is -0.497 e. The smallest absolute Gasteiger partial charge is 0.257 e. The molecule has 1 heterocycles. The zero-order valence-corrected chi connectivity index (χ0v) is 13.0. The number of hydrogen-bond acceptors (Lipinski definition) is 4. The van der Waals surface area contributed by atoms with E-state index in [1.165, 1.54) is 6.42 Å². The minimum absolute atomic E-state index is 0.0365. The highest BCUT2D eigenvalue weighted by Crippen LogP contribution is 2.28. The number of benzene rings is 1. The van der Waals surface area contributed by atoms with Crippen LogP contribution in [0, 0.1) is 0 Å². The van der Waals surface area contributed by atoms with Crippen molar-refractivity contribution in [3.05, 3.63) is 23.8 Å². The number of likely N-dealkylation sites (N-methyl/N-ethyl adjacent to an activating group) is 1. The number of rotatable bonds is 5. The molecule has 116 valence electrons. The number of amides is 1. The molecule has 5 nitrogen and oxygen atoms in total. The fourth-order valence-electron chi connectivity index (χ4n) is 2.85. The van der Waals surface area contributed by atoms with Crippen LogP contribution in [0.5, 0.6) is 11.5 Å². The molecule has 1 atom stereocenters. The lowest BCUT2D eigenvalue weighted by Gasteiger charge is -2.36. The van der Waals surface area contributed by atoms with Gasteiger partial charge in [0.2, 0.25) is 0 Å². The van der Waals surface area contributed by atoms with Crippen molar-refractivity contribution in [3.63, 3.8) is 0 Å². The molecule has 0 aromatic heterocycles. The van der Waals surface area contributed by atoms with Crippen LogP contribution in [0.3, 0.4) is 0 Å². The van der Waals surface area contributed by atoms with E-state index < -0.39 is 0 Å². The first-order valence-electron chi connectivity index (χ1n) is 7.38. The van der Waals surface area contributed by atoms with Crippen molar-refractivity contribution in [3.8, 4) is 11.5 Å². The van der Waals surface area contributed by atoms with Gasteiger partial charge in [0.05, 0.1) is 19.8 Å². The molecular weight excluding hydrogens is 268 g/mol. The second-order valence-electron chi connectivity index (χ2n) is 5.27. The van der Waals surface area contributed by atoms with E-state index in [2.05, 4.69) is 5.32 Å². The van der Waals surface area contributed by atoms with E-state index in [0.717, 1.165) is 25.9 Å². The Kier molecular flexibility index (Phi) is 5.44. The zero-order chi connectivity index (χ0) is 15.2. The first-order valence-corrected chi connectivity index (χ1v) is 7.38. The van der Waals surface area contributed by atoms with Crippen molar-refractivity contribution in [1.29, 1.82) is 0 Å². The van der Waals surface area contributed by atoms with Gasteiger partial charge >= 0.3 is 0 Å². The maximum absolute atomic E-state index is 12.8. The summed E-state index contributed by atoms with van der Waals surface area (Å²) in [7, 11) is 5.10. The lowest BCUT2D eigenvalue weighted by atomic mass is 10.0. The number of hydrogen-bond donors (Lipinski definition) is 1. The number of nitrogens with zero attached hydrogens (tertiary/aromatic N) is 1. The third-order valence-corrected chi connectivity index (χ3v) is 3.97. The second kappa shape index (κ2) is 7.31. The summed E-state index contributed by atoms with van der Waals surface area (Å²) >= 11 is 0.